The minimum Gasteiger partial charge on any atom is -0.398 e. The highest BCUT2D eigenvalue weighted by Gasteiger charge is 2.47. The number of nitrogens with zero attached hydrogens (tertiary/aromatic N) is 1. The Kier molecular flexibility index (Phi) is 4.55. The molecule has 0 spiro atoms. The molecule has 1 aliphatic carbocycles. The molecule has 0 aromatic heterocycles. The van der Waals surface area contributed by atoms with Crippen molar-refractivity contribution in [3.05, 3.63) is 59.2 Å². The lowest BCUT2D eigenvalue weighted by Gasteiger charge is -2.30. The number of nitrogens with two attached hydrogens (primary N) is 1. The molecule has 1 heterocycles. The number of anilines is 2. The van der Waals surface area contributed by atoms with Gasteiger partial charge in [0.05, 0.1) is 0 Å². The van der Waals surface area contributed by atoms with E-state index in [1.165, 1.54) is 11.1 Å². The van der Waals surface area contributed by atoms with Crippen molar-refractivity contribution >= 4 is 29.7 Å². The number of hydrogen-bond acceptors (Lipinski definition) is 2. The Morgan fingerprint density at radius 2 is 1.96 bits per heavy atom. The third-order valence-electron chi connectivity index (χ3n) is 5.25. The summed E-state index contributed by atoms with van der Waals surface area (Å²) in [6.07, 6.45) is 2.93. The predicted octanol–water partition coefficient (Wildman–Crippen LogP) is 4.08. The van der Waals surface area contributed by atoms with E-state index in [2.05, 4.69) is 31.2 Å². The second kappa shape index (κ2) is 6.48. The summed E-state index contributed by atoms with van der Waals surface area (Å²) in [5, 5.41) is 0. The van der Waals surface area contributed by atoms with E-state index in [1.54, 1.807) is 0 Å². The number of aryl methyl sites for hydroxylation is 1. The van der Waals surface area contributed by atoms with Crippen molar-refractivity contribution in [2.24, 2.45) is 5.92 Å². The first-order chi connectivity index (χ1) is 11.2. The monoisotopic (exact) mass is 342 g/mol. The summed E-state index contributed by atoms with van der Waals surface area (Å²) in [6.45, 7) is 2.94. The Bertz CT molecular complexity index is 774. The topological polar surface area (TPSA) is 46.3 Å². The lowest BCUT2D eigenvalue weighted by atomic mass is 9.98. The molecule has 1 saturated carbocycles. The first-order valence-corrected chi connectivity index (χ1v) is 8.41. The number of nitrogen functional groups attached to an aromatic ring is 1. The minimum atomic E-state index is 0. The molecule has 2 N–H and O–H groups in total. The van der Waals surface area contributed by atoms with Crippen molar-refractivity contribution < 1.29 is 4.79 Å². The standard InChI is InChI=1S/C20H22N2O.ClH/c1-13-6-2-3-7-14(13)16-12-17(16)20(23)22-11-5-8-15-18(21)9-4-10-19(15)22;/h2-4,6-7,9-10,16-17H,5,8,11-12,21H2,1H3;1H. The van der Waals surface area contributed by atoms with E-state index in [9.17, 15) is 4.79 Å². The van der Waals surface area contributed by atoms with E-state index < -0.39 is 0 Å². The molecule has 3 nitrogen and oxygen atoms in total. The van der Waals surface area contributed by atoms with Crippen LogP contribution >= 0.6 is 12.4 Å². The van der Waals surface area contributed by atoms with Crippen LogP contribution in [0, 0.1) is 12.8 Å². The van der Waals surface area contributed by atoms with Crippen molar-refractivity contribution in [1.29, 1.82) is 0 Å². The maximum Gasteiger partial charge on any atom is 0.230 e. The number of amides is 1. The molecule has 2 unspecified atom stereocenters. The van der Waals surface area contributed by atoms with Gasteiger partial charge in [0.2, 0.25) is 5.91 Å². The molecule has 1 fully saturated rings. The smallest absolute Gasteiger partial charge is 0.230 e. The van der Waals surface area contributed by atoms with Crippen molar-refractivity contribution in [2.45, 2.75) is 32.1 Å². The number of fused-ring (bicyclic) bond motifs is 1. The first-order valence-electron chi connectivity index (χ1n) is 8.41. The van der Waals surface area contributed by atoms with Gasteiger partial charge in [0.15, 0.2) is 0 Å². The van der Waals surface area contributed by atoms with E-state index in [1.807, 2.05) is 23.1 Å². The zero-order valence-corrected chi connectivity index (χ0v) is 14.7. The van der Waals surface area contributed by atoms with E-state index in [0.29, 0.717) is 5.92 Å². The summed E-state index contributed by atoms with van der Waals surface area (Å²) in [6, 6.07) is 14.3. The van der Waals surface area contributed by atoms with Crippen LogP contribution in [0.5, 0.6) is 0 Å². The number of halogens is 1. The molecule has 0 saturated heterocycles. The van der Waals surface area contributed by atoms with Gasteiger partial charge < -0.3 is 10.6 Å². The Morgan fingerprint density at radius 1 is 1.17 bits per heavy atom. The first kappa shape index (κ1) is 16.8. The van der Waals surface area contributed by atoms with Gasteiger partial charge in [-0.15, -0.1) is 12.4 Å². The Hall–Kier alpha value is -2.00. The Balaban J connectivity index is 0.00000169. The second-order valence-corrected chi connectivity index (χ2v) is 6.74. The highest BCUT2D eigenvalue weighted by atomic mass is 35.5. The van der Waals surface area contributed by atoms with Crippen molar-refractivity contribution in [3.63, 3.8) is 0 Å². The van der Waals surface area contributed by atoms with Crippen LogP contribution in [0.2, 0.25) is 0 Å². The molecule has 126 valence electrons. The van der Waals surface area contributed by atoms with Gasteiger partial charge in [-0.25, -0.2) is 0 Å². The Morgan fingerprint density at radius 3 is 2.75 bits per heavy atom. The summed E-state index contributed by atoms with van der Waals surface area (Å²) in [7, 11) is 0. The lowest BCUT2D eigenvalue weighted by molar-refractivity contribution is -0.120. The quantitative estimate of drug-likeness (QED) is 0.836. The van der Waals surface area contributed by atoms with Gasteiger partial charge in [-0.2, -0.15) is 0 Å². The molecular formula is C20H23ClN2O. The van der Waals surface area contributed by atoms with Gasteiger partial charge in [0.1, 0.15) is 0 Å². The number of hydrogen-bond donors (Lipinski definition) is 1. The van der Waals surface area contributed by atoms with Gasteiger partial charge in [-0.1, -0.05) is 30.3 Å². The average Bonchev–Trinajstić information content (AvgIpc) is 3.35. The normalized spacial score (nSPS) is 21.6. The zero-order valence-electron chi connectivity index (χ0n) is 13.9. The summed E-state index contributed by atoms with van der Waals surface area (Å²) >= 11 is 0. The van der Waals surface area contributed by atoms with Crippen LogP contribution in [-0.2, 0) is 11.2 Å². The molecule has 2 aromatic rings. The molecule has 4 heteroatoms. The van der Waals surface area contributed by atoms with Crippen LogP contribution < -0.4 is 10.6 Å². The van der Waals surface area contributed by atoms with Crippen LogP contribution in [0.15, 0.2) is 42.5 Å². The lowest BCUT2D eigenvalue weighted by Crippen LogP contribution is -2.37. The fraction of sp³-hybridized carbons (Fsp3) is 0.350. The molecule has 1 amide bonds. The summed E-state index contributed by atoms with van der Waals surface area (Å²) < 4.78 is 0. The van der Waals surface area contributed by atoms with Crippen molar-refractivity contribution in [1.82, 2.24) is 0 Å². The number of benzene rings is 2. The molecule has 2 atom stereocenters. The molecule has 24 heavy (non-hydrogen) atoms. The highest BCUT2D eigenvalue weighted by Crippen LogP contribution is 2.50. The molecule has 2 aromatic carbocycles. The van der Waals surface area contributed by atoms with Gasteiger partial charge in [0, 0.05) is 23.8 Å². The van der Waals surface area contributed by atoms with Gasteiger partial charge >= 0.3 is 0 Å². The van der Waals surface area contributed by atoms with Crippen LogP contribution in [0.1, 0.15) is 35.4 Å². The molecule has 4 rings (SSSR count). The summed E-state index contributed by atoms with van der Waals surface area (Å²) in [5.74, 6) is 0.781. The van der Waals surface area contributed by atoms with Crippen LogP contribution in [-0.4, -0.2) is 12.5 Å². The van der Waals surface area contributed by atoms with Gasteiger partial charge in [-0.05, 0) is 60.9 Å². The Labute approximate surface area is 149 Å². The van der Waals surface area contributed by atoms with E-state index in [-0.39, 0.29) is 24.2 Å². The molecule has 2 aliphatic rings. The minimum absolute atomic E-state index is 0. The third-order valence-corrected chi connectivity index (χ3v) is 5.25. The highest BCUT2D eigenvalue weighted by molar-refractivity contribution is 5.99. The van der Waals surface area contributed by atoms with Crippen molar-refractivity contribution in [2.75, 3.05) is 17.2 Å². The van der Waals surface area contributed by atoms with E-state index >= 15 is 0 Å². The third kappa shape index (κ3) is 2.78. The van der Waals surface area contributed by atoms with Crippen LogP contribution in [0.3, 0.4) is 0 Å². The van der Waals surface area contributed by atoms with Crippen molar-refractivity contribution in [3.8, 4) is 0 Å². The number of carbonyl (C=O) groups is 1. The van der Waals surface area contributed by atoms with E-state index in [4.69, 9.17) is 5.73 Å². The van der Waals surface area contributed by atoms with Gasteiger partial charge in [-0.3, -0.25) is 4.79 Å². The van der Waals surface area contributed by atoms with Crippen LogP contribution in [0.4, 0.5) is 11.4 Å². The number of rotatable bonds is 2. The summed E-state index contributed by atoms with van der Waals surface area (Å²) in [5.41, 5.74) is 11.7. The maximum atomic E-state index is 13.0. The maximum absolute atomic E-state index is 13.0. The fourth-order valence-electron chi connectivity index (χ4n) is 3.90. The average molecular weight is 343 g/mol. The van der Waals surface area contributed by atoms with Gasteiger partial charge in [0.25, 0.3) is 0 Å². The molecular weight excluding hydrogens is 320 g/mol. The number of carbonyl (C=O) groups excluding carboxylic acids is 1. The molecule has 0 radical (unpaired) electrons. The summed E-state index contributed by atoms with van der Waals surface area (Å²) in [4.78, 5) is 15.0. The second-order valence-electron chi connectivity index (χ2n) is 6.74. The SMILES string of the molecule is Cc1ccccc1C1CC1C(=O)N1CCCc2c(N)cccc21.Cl. The molecule has 0 bridgehead atoms. The largest absolute Gasteiger partial charge is 0.398 e. The van der Waals surface area contributed by atoms with E-state index in [0.717, 1.165) is 42.7 Å². The predicted molar refractivity (Wildman–Crippen MR) is 101 cm³/mol. The molecule has 1 aliphatic heterocycles. The zero-order chi connectivity index (χ0) is 16.0. The van der Waals surface area contributed by atoms with Crippen LogP contribution in [0.25, 0.3) is 0 Å². The fourth-order valence-corrected chi connectivity index (χ4v) is 3.90.